The number of ketones is 1. The lowest BCUT2D eigenvalue weighted by molar-refractivity contribution is 0.0982. The van der Waals surface area contributed by atoms with E-state index in [9.17, 15) is 4.79 Å². The molecular weight excluding hydrogens is 196 g/mol. The first kappa shape index (κ1) is 9.59. The fraction of sp³-hybridized carbons (Fsp3) is 0.267. The van der Waals surface area contributed by atoms with Gasteiger partial charge in [-0.3, -0.25) is 4.79 Å². The molecule has 1 aliphatic carbocycles. The topological polar surface area (TPSA) is 17.1 Å². The Bertz CT molecular complexity index is 608. The van der Waals surface area contributed by atoms with Gasteiger partial charge >= 0.3 is 0 Å². The van der Waals surface area contributed by atoms with Crippen LogP contribution in [0.2, 0.25) is 0 Å². The maximum Gasteiger partial charge on any atom is 0.163 e. The maximum atomic E-state index is 11.9. The van der Waals surface area contributed by atoms with Crippen molar-refractivity contribution in [3.63, 3.8) is 0 Å². The number of carbonyl (C=O) groups excluding carboxylic acids is 1. The number of aryl methyl sites for hydroxylation is 3. The molecule has 1 aliphatic rings. The Hall–Kier alpha value is -1.63. The molecule has 1 nitrogen and oxygen atoms in total. The quantitative estimate of drug-likeness (QED) is 0.649. The van der Waals surface area contributed by atoms with Crippen molar-refractivity contribution in [3.05, 3.63) is 46.5 Å². The molecule has 0 aromatic heterocycles. The van der Waals surface area contributed by atoms with Gasteiger partial charge in [-0.25, -0.2) is 0 Å². The monoisotopic (exact) mass is 210 g/mol. The molecule has 0 heterocycles. The Labute approximate surface area is 95.1 Å². The Morgan fingerprint density at radius 1 is 1.06 bits per heavy atom. The molecule has 16 heavy (non-hydrogen) atoms. The predicted molar refractivity (Wildman–Crippen MR) is 66.1 cm³/mol. The maximum absolute atomic E-state index is 11.9. The van der Waals surface area contributed by atoms with Gasteiger partial charge in [0.1, 0.15) is 0 Å². The van der Waals surface area contributed by atoms with E-state index in [4.69, 9.17) is 0 Å². The number of hydrogen-bond donors (Lipinski definition) is 0. The minimum absolute atomic E-state index is 0.295. The number of rotatable bonds is 0. The summed E-state index contributed by atoms with van der Waals surface area (Å²) in [5.74, 6) is 0.295. The molecule has 1 heteroatoms. The third kappa shape index (κ3) is 1.15. The van der Waals surface area contributed by atoms with E-state index in [1.54, 1.807) is 0 Å². The molecule has 2 aromatic carbocycles. The van der Waals surface area contributed by atoms with E-state index in [2.05, 4.69) is 26.0 Å². The van der Waals surface area contributed by atoms with Gasteiger partial charge in [0, 0.05) is 12.0 Å². The standard InChI is InChI=1S/C15H14O/c1-9-8-10(2)12-6-7-14(16)13-5-3-4-11(9)15(12)13/h3-5,8H,6-7H2,1-2H3. The lowest BCUT2D eigenvalue weighted by Gasteiger charge is -2.19. The molecule has 0 N–H and O–H groups in total. The molecule has 0 unspecified atom stereocenters. The van der Waals surface area contributed by atoms with E-state index < -0.39 is 0 Å². The number of hydrogen-bond acceptors (Lipinski definition) is 1. The van der Waals surface area contributed by atoms with Crippen molar-refractivity contribution in [1.29, 1.82) is 0 Å². The molecule has 0 amide bonds. The second-order valence-corrected chi connectivity index (χ2v) is 4.64. The minimum Gasteiger partial charge on any atom is -0.294 e. The van der Waals surface area contributed by atoms with Gasteiger partial charge < -0.3 is 0 Å². The summed E-state index contributed by atoms with van der Waals surface area (Å²) in [5, 5.41) is 2.45. The fourth-order valence-electron chi connectivity index (χ4n) is 2.82. The summed E-state index contributed by atoms with van der Waals surface area (Å²) in [6.07, 6.45) is 1.56. The van der Waals surface area contributed by atoms with Gasteiger partial charge in [-0.15, -0.1) is 0 Å². The van der Waals surface area contributed by atoms with Crippen LogP contribution in [0.15, 0.2) is 24.3 Å². The average Bonchev–Trinajstić information content (AvgIpc) is 2.27. The van der Waals surface area contributed by atoms with Crippen LogP contribution < -0.4 is 0 Å². The molecule has 0 fully saturated rings. The first-order valence-corrected chi connectivity index (χ1v) is 5.73. The van der Waals surface area contributed by atoms with Crippen molar-refractivity contribution in [2.45, 2.75) is 26.7 Å². The largest absolute Gasteiger partial charge is 0.294 e. The highest BCUT2D eigenvalue weighted by Gasteiger charge is 2.20. The summed E-state index contributed by atoms with van der Waals surface area (Å²) in [4.78, 5) is 11.9. The van der Waals surface area contributed by atoms with E-state index in [1.165, 1.54) is 27.5 Å². The molecule has 0 radical (unpaired) electrons. The van der Waals surface area contributed by atoms with E-state index in [-0.39, 0.29) is 0 Å². The van der Waals surface area contributed by atoms with Crippen LogP contribution in [0.3, 0.4) is 0 Å². The zero-order valence-electron chi connectivity index (χ0n) is 9.63. The van der Waals surface area contributed by atoms with Crippen molar-refractivity contribution in [1.82, 2.24) is 0 Å². The Morgan fingerprint density at radius 2 is 1.88 bits per heavy atom. The number of carbonyl (C=O) groups is 1. The summed E-state index contributed by atoms with van der Waals surface area (Å²) in [6, 6.07) is 8.31. The molecule has 3 rings (SSSR count). The number of benzene rings is 2. The molecule has 2 aromatic rings. The Kier molecular flexibility index (Phi) is 1.90. The summed E-state index contributed by atoms with van der Waals surface area (Å²) >= 11 is 0. The molecule has 0 saturated heterocycles. The van der Waals surface area contributed by atoms with E-state index in [0.717, 1.165) is 12.0 Å². The van der Waals surface area contributed by atoms with Crippen LogP contribution in [0.25, 0.3) is 10.8 Å². The summed E-state index contributed by atoms with van der Waals surface area (Å²) in [7, 11) is 0. The summed E-state index contributed by atoms with van der Waals surface area (Å²) < 4.78 is 0. The van der Waals surface area contributed by atoms with Gasteiger partial charge in [-0.2, -0.15) is 0 Å². The first-order valence-electron chi connectivity index (χ1n) is 5.73. The molecule has 0 spiro atoms. The van der Waals surface area contributed by atoms with Crippen molar-refractivity contribution in [2.75, 3.05) is 0 Å². The smallest absolute Gasteiger partial charge is 0.163 e. The van der Waals surface area contributed by atoms with Crippen molar-refractivity contribution in [3.8, 4) is 0 Å². The second-order valence-electron chi connectivity index (χ2n) is 4.64. The van der Waals surface area contributed by atoms with Gasteiger partial charge in [-0.1, -0.05) is 24.3 Å². The fourth-order valence-corrected chi connectivity index (χ4v) is 2.82. The molecule has 0 bridgehead atoms. The normalized spacial score (nSPS) is 14.5. The van der Waals surface area contributed by atoms with Crippen LogP contribution in [-0.4, -0.2) is 5.78 Å². The predicted octanol–water partition coefficient (Wildman–Crippen LogP) is 3.59. The lowest BCUT2D eigenvalue weighted by atomic mass is 9.84. The van der Waals surface area contributed by atoms with Gasteiger partial charge in [0.05, 0.1) is 0 Å². The van der Waals surface area contributed by atoms with E-state index in [0.29, 0.717) is 12.2 Å². The lowest BCUT2D eigenvalue weighted by Crippen LogP contribution is -2.11. The molecule has 0 atom stereocenters. The van der Waals surface area contributed by atoms with Gasteiger partial charge in [0.2, 0.25) is 0 Å². The van der Waals surface area contributed by atoms with Crippen LogP contribution >= 0.6 is 0 Å². The van der Waals surface area contributed by atoms with Gasteiger partial charge in [-0.05, 0) is 47.7 Å². The highest BCUT2D eigenvalue weighted by Crippen LogP contribution is 2.33. The third-order valence-electron chi connectivity index (χ3n) is 3.60. The van der Waals surface area contributed by atoms with Crippen molar-refractivity contribution < 1.29 is 4.79 Å². The van der Waals surface area contributed by atoms with Crippen LogP contribution in [0.4, 0.5) is 0 Å². The van der Waals surface area contributed by atoms with Crippen LogP contribution in [-0.2, 0) is 6.42 Å². The van der Waals surface area contributed by atoms with E-state index in [1.807, 2.05) is 12.1 Å². The SMILES string of the molecule is Cc1cc(C)c2cccc3c2c1CCC3=O. The first-order chi connectivity index (χ1) is 7.68. The van der Waals surface area contributed by atoms with Gasteiger partial charge in [0.15, 0.2) is 5.78 Å². The van der Waals surface area contributed by atoms with Crippen molar-refractivity contribution in [2.24, 2.45) is 0 Å². The van der Waals surface area contributed by atoms with Gasteiger partial charge in [0.25, 0.3) is 0 Å². The number of Topliss-reactive ketones (excluding diaryl/α,β-unsaturated/α-hetero) is 1. The minimum atomic E-state index is 0.295. The summed E-state index contributed by atoms with van der Waals surface area (Å²) in [5.41, 5.74) is 4.89. The zero-order chi connectivity index (χ0) is 11.3. The molecular formula is C15H14O. The van der Waals surface area contributed by atoms with Crippen molar-refractivity contribution >= 4 is 16.6 Å². The van der Waals surface area contributed by atoms with E-state index >= 15 is 0 Å². The van der Waals surface area contributed by atoms with Crippen LogP contribution in [0.5, 0.6) is 0 Å². The average molecular weight is 210 g/mol. The Morgan fingerprint density at radius 3 is 2.69 bits per heavy atom. The zero-order valence-corrected chi connectivity index (χ0v) is 9.63. The molecule has 0 saturated carbocycles. The Balaban J connectivity index is 2.56. The highest BCUT2D eigenvalue weighted by molar-refractivity contribution is 6.12. The highest BCUT2D eigenvalue weighted by atomic mass is 16.1. The molecule has 80 valence electrons. The molecule has 0 aliphatic heterocycles. The van der Waals surface area contributed by atoms with Crippen LogP contribution in [0.1, 0.15) is 33.5 Å². The third-order valence-corrected chi connectivity index (χ3v) is 3.60. The summed E-state index contributed by atoms with van der Waals surface area (Å²) in [6.45, 7) is 4.27. The second kappa shape index (κ2) is 3.18. The van der Waals surface area contributed by atoms with Crippen LogP contribution in [0, 0.1) is 13.8 Å².